The number of rotatable bonds is 6. The highest BCUT2D eigenvalue weighted by molar-refractivity contribution is 7.98. The molecule has 3 nitrogen and oxygen atoms in total. The van der Waals surface area contributed by atoms with E-state index in [2.05, 4.69) is 35.8 Å². The second-order valence-corrected chi connectivity index (χ2v) is 5.67. The molecule has 2 rings (SSSR count). The second kappa shape index (κ2) is 7.74. The summed E-state index contributed by atoms with van der Waals surface area (Å²) in [7, 11) is 0. The number of phenolic OH excluding ortho intramolecular Hbond substituents is 1. The Morgan fingerprint density at radius 1 is 1.14 bits per heavy atom. The molecular weight excluding hydrogens is 282 g/mol. The fraction of sp³-hybridized carbons (Fsp3) is 0.235. The van der Waals surface area contributed by atoms with Crippen molar-refractivity contribution in [2.24, 2.45) is 0 Å². The van der Waals surface area contributed by atoms with E-state index in [0.717, 1.165) is 12.0 Å². The summed E-state index contributed by atoms with van der Waals surface area (Å²) >= 11 is 1.72. The van der Waals surface area contributed by atoms with E-state index < -0.39 is 0 Å². The highest BCUT2D eigenvalue weighted by Crippen LogP contribution is 2.15. The lowest BCUT2D eigenvalue weighted by atomic mass is 10.1. The predicted molar refractivity (Wildman–Crippen MR) is 86.7 cm³/mol. The molecule has 0 radical (unpaired) electrons. The largest absolute Gasteiger partial charge is 0.508 e. The van der Waals surface area contributed by atoms with Gasteiger partial charge in [-0.05, 0) is 48.1 Å². The molecule has 0 saturated heterocycles. The van der Waals surface area contributed by atoms with Gasteiger partial charge in [0.05, 0.1) is 6.42 Å². The number of carbonyl (C=O) groups excluding carboxylic acids is 1. The van der Waals surface area contributed by atoms with Crippen LogP contribution in [-0.2, 0) is 17.6 Å². The van der Waals surface area contributed by atoms with Crippen LogP contribution in [0.4, 0.5) is 0 Å². The number of aromatic hydroxyl groups is 1. The first-order valence-electron chi connectivity index (χ1n) is 6.85. The van der Waals surface area contributed by atoms with Gasteiger partial charge in [-0.2, -0.15) is 0 Å². The Bertz CT molecular complexity index is 596. The summed E-state index contributed by atoms with van der Waals surface area (Å²) in [6.45, 7) is 0.621. The van der Waals surface area contributed by atoms with Crippen molar-refractivity contribution in [2.75, 3.05) is 12.8 Å². The molecule has 1 amide bonds. The van der Waals surface area contributed by atoms with Gasteiger partial charge < -0.3 is 10.4 Å². The smallest absolute Gasteiger partial charge is 0.224 e. The van der Waals surface area contributed by atoms with Crippen LogP contribution < -0.4 is 5.32 Å². The van der Waals surface area contributed by atoms with E-state index >= 15 is 0 Å². The molecule has 0 bridgehead atoms. The molecule has 0 aliphatic rings. The van der Waals surface area contributed by atoms with E-state index in [1.165, 1.54) is 10.5 Å². The monoisotopic (exact) mass is 301 g/mol. The molecular formula is C17H19NO2S. The van der Waals surface area contributed by atoms with Crippen LogP contribution in [0.1, 0.15) is 11.1 Å². The average molecular weight is 301 g/mol. The number of amides is 1. The Hall–Kier alpha value is -1.94. The number of thioether (sulfide) groups is 1. The first-order chi connectivity index (χ1) is 10.2. The van der Waals surface area contributed by atoms with Crippen molar-refractivity contribution in [1.29, 1.82) is 0 Å². The van der Waals surface area contributed by atoms with Crippen molar-refractivity contribution in [3.8, 4) is 5.75 Å². The van der Waals surface area contributed by atoms with Crippen LogP contribution in [0.5, 0.6) is 5.75 Å². The Balaban J connectivity index is 1.76. The van der Waals surface area contributed by atoms with Gasteiger partial charge in [-0.25, -0.2) is 0 Å². The zero-order chi connectivity index (χ0) is 15.1. The first kappa shape index (κ1) is 15.4. The van der Waals surface area contributed by atoms with Crippen LogP contribution >= 0.6 is 11.8 Å². The Morgan fingerprint density at radius 2 is 1.90 bits per heavy atom. The van der Waals surface area contributed by atoms with E-state index in [4.69, 9.17) is 0 Å². The molecule has 4 heteroatoms. The quantitative estimate of drug-likeness (QED) is 0.806. The van der Waals surface area contributed by atoms with Gasteiger partial charge >= 0.3 is 0 Å². The van der Waals surface area contributed by atoms with Crippen molar-refractivity contribution in [3.63, 3.8) is 0 Å². The fourth-order valence-corrected chi connectivity index (χ4v) is 2.46. The van der Waals surface area contributed by atoms with Gasteiger partial charge in [0.1, 0.15) is 5.75 Å². The lowest BCUT2D eigenvalue weighted by Gasteiger charge is -2.06. The van der Waals surface area contributed by atoms with Crippen molar-refractivity contribution in [1.82, 2.24) is 5.32 Å². The third-order valence-electron chi connectivity index (χ3n) is 3.17. The zero-order valence-electron chi connectivity index (χ0n) is 12.0. The van der Waals surface area contributed by atoms with E-state index in [1.807, 2.05) is 6.07 Å². The minimum Gasteiger partial charge on any atom is -0.508 e. The van der Waals surface area contributed by atoms with Gasteiger partial charge in [0, 0.05) is 11.4 Å². The lowest BCUT2D eigenvalue weighted by Crippen LogP contribution is -2.27. The number of hydrogen-bond acceptors (Lipinski definition) is 3. The Kier molecular flexibility index (Phi) is 5.69. The summed E-state index contributed by atoms with van der Waals surface area (Å²) in [4.78, 5) is 13.1. The van der Waals surface area contributed by atoms with E-state index in [1.54, 1.807) is 30.0 Å². The lowest BCUT2D eigenvalue weighted by molar-refractivity contribution is -0.120. The molecule has 0 aliphatic heterocycles. The van der Waals surface area contributed by atoms with Crippen LogP contribution in [0, 0.1) is 0 Å². The van der Waals surface area contributed by atoms with Gasteiger partial charge in [-0.1, -0.05) is 24.3 Å². The molecule has 21 heavy (non-hydrogen) atoms. The van der Waals surface area contributed by atoms with Gasteiger partial charge in [0.25, 0.3) is 0 Å². The maximum atomic E-state index is 11.8. The van der Waals surface area contributed by atoms with Gasteiger partial charge in [0.2, 0.25) is 5.91 Å². The van der Waals surface area contributed by atoms with E-state index in [-0.39, 0.29) is 11.7 Å². The number of benzene rings is 2. The van der Waals surface area contributed by atoms with Crippen molar-refractivity contribution >= 4 is 17.7 Å². The zero-order valence-corrected chi connectivity index (χ0v) is 12.8. The van der Waals surface area contributed by atoms with Crippen LogP contribution in [0.3, 0.4) is 0 Å². The molecule has 0 aliphatic carbocycles. The predicted octanol–water partition coefficient (Wildman–Crippen LogP) is 3.02. The topological polar surface area (TPSA) is 49.3 Å². The van der Waals surface area contributed by atoms with E-state index in [9.17, 15) is 9.90 Å². The summed E-state index contributed by atoms with van der Waals surface area (Å²) in [5.74, 6) is 0.163. The molecule has 0 aromatic heterocycles. The summed E-state index contributed by atoms with van der Waals surface area (Å²) < 4.78 is 0. The molecule has 0 fully saturated rings. The van der Waals surface area contributed by atoms with Gasteiger partial charge in [0.15, 0.2) is 0 Å². The minimum absolute atomic E-state index is 0.0265. The number of carbonyl (C=O) groups is 1. The summed E-state index contributed by atoms with van der Waals surface area (Å²) in [6, 6.07) is 15.1. The molecule has 0 saturated carbocycles. The number of hydrogen-bond donors (Lipinski definition) is 2. The Morgan fingerprint density at radius 3 is 2.57 bits per heavy atom. The summed E-state index contributed by atoms with van der Waals surface area (Å²) in [6.07, 6.45) is 3.16. The molecule has 0 atom stereocenters. The maximum Gasteiger partial charge on any atom is 0.224 e. The van der Waals surface area contributed by atoms with Gasteiger partial charge in [-0.15, -0.1) is 11.8 Å². The standard InChI is InChI=1S/C17H19NO2S/c1-21-16-7-5-13(6-8-16)9-10-18-17(20)12-14-3-2-4-15(19)11-14/h2-8,11,19H,9-10,12H2,1H3,(H,18,20). The third-order valence-corrected chi connectivity index (χ3v) is 3.91. The van der Waals surface area contributed by atoms with Crippen molar-refractivity contribution in [3.05, 3.63) is 59.7 Å². The number of nitrogens with one attached hydrogen (secondary N) is 1. The third kappa shape index (κ3) is 5.16. The highest BCUT2D eigenvalue weighted by atomic mass is 32.2. The van der Waals surface area contributed by atoms with Crippen LogP contribution in [0.2, 0.25) is 0 Å². The SMILES string of the molecule is CSc1ccc(CCNC(=O)Cc2cccc(O)c2)cc1. The highest BCUT2D eigenvalue weighted by Gasteiger charge is 2.03. The average Bonchev–Trinajstić information content (AvgIpc) is 2.48. The maximum absolute atomic E-state index is 11.8. The summed E-state index contributed by atoms with van der Waals surface area (Å²) in [5.41, 5.74) is 2.03. The van der Waals surface area contributed by atoms with Crippen LogP contribution in [0.25, 0.3) is 0 Å². The van der Waals surface area contributed by atoms with Gasteiger partial charge in [-0.3, -0.25) is 4.79 Å². The van der Waals surface area contributed by atoms with E-state index in [0.29, 0.717) is 13.0 Å². The van der Waals surface area contributed by atoms with Crippen LogP contribution in [-0.4, -0.2) is 23.8 Å². The normalized spacial score (nSPS) is 10.3. The Labute approximate surface area is 129 Å². The first-order valence-corrected chi connectivity index (χ1v) is 8.07. The molecule has 2 aromatic rings. The second-order valence-electron chi connectivity index (χ2n) is 4.79. The molecule has 2 N–H and O–H groups in total. The van der Waals surface area contributed by atoms with Crippen molar-refractivity contribution < 1.29 is 9.90 Å². The van der Waals surface area contributed by atoms with Crippen LogP contribution in [0.15, 0.2) is 53.4 Å². The minimum atomic E-state index is -0.0265. The molecule has 110 valence electrons. The molecule has 0 spiro atoms. The number of phenols is 1. The molecule has 0 unspecified atom stereocenters. The fourth-order valence-electron chi connectivity index (χ4n) is 2.05. The molecule has 2 aromatic carbocycles. The molecule has 0 heterocycles. The summed E-state index contributed by atoms with van der Waals surface area (Å²) in [5, 5.41) is 12.3. The van der Waals surface area contributed by atoms with Crippen molar-refractivity contribution in [2.45, 2.75) is 17.7 Å².